The van der Waals surface area contributed by atoms with Crippen LogP contribution in [0.1, 0.15) is 18.5 Å². The second-order valence-corrected chi connectivity index (χ2v) is 6.14. The van der Waals surface area contributed by atoms with Crippen molar-refractivity contribution >= 4 is 5.69 Å². The number of hydrogen-bond acceptors (Lipinski definition) is 5. The maximum absolute atomic E-state index is 5.35. The lowest BCUT2D eigenvalue weighted by molar-refractivity contribution is 0.206. The Labute approximate surface area is 143 Å². The molecule has 1 aliphatic rings. The van der Waals surface area contributed by atoms with E-state index in [1.54, 1.807) is 14.2 Å². The van der Waals surface area contributed by atoms with Gasteiger partial charge in [-0.3, -0.25) is 9.88 Å². The van der Waals surface area contributed by atoms with E-state index in [2.05, 4.69) is 21.3 Å². The highest BCUT2D eigenvalue weighted by Gasteiger charge is 2.20. The molecule has 128 valence electrons. The molecule has 2 heterocycles. The summed E-state index contributed by atoms with van der Waals surface area (Å²) < 4.78 is 10.7. The van der Waals surface area contributed by atoms with Gasteiger partial charge >= 0.3 is 0 Å². The van der Waals surface area contributed by atoms with Crippen molar-refractivity contribution in [3.05, 3.63) is 48.3 Å². The molecule has 1 aromatic heterocycles. The van der Waals surface area contributed by atoms with E-state index in [0.29, 0.717) is 6.04 Å². The summed E-state index contributed by atoms with van der Waals surface area (Å²) in [4.78, 5) is 6.89. The molecule has 1 aliphatic heterocycles. The Balaban J connectivity index is 1.63. The zero-order valence-electron chi connectivity index (χ0n) is 14.4. The van der Waals surface area contributed by atoms with E-state index in [-0.39, 0.29) is 0 Å². The number of nitrogens with zero attached hydrogens (tertiary/aromatic N) is 2. The smallest absolute Gasteiger partial charge is 0.124 e. The fourth-order valence-electron chi connectivity index (χ4n) is 3.16. The minimum absolute atomic E-state index is 0.416. The van der Waals surface area contributed by atoms with E-state index in [1.807, 2.05) is 36.5 Å². The molecule has 0 bridgehead atoms. The van der Waals surface area contributed by atoms with Gasteiger partial charge in [-0.05, 0) is 31.5 Å². The SMILES string of the molecule is COc1cc(N[C@@H]2CCCN(Cc3ccccn3)C2)cc(OC)c1. The first-order valence-electron chi connectivity index (χ1n) is 8.38. The zero-order valence-corrected chi connectivity index (χ0v) is 14.4. The lowest BCUT2D eigenvalue weighted by Crippen LogP contribution is -2.41. The molecule has 0 amide bonds. The van der Waals surface area contributed by atoms with Crippen molar-refractivity contribution < 1.29 is 9.47 Å². The molecule has 0 spiro atoms. The number of ether oxygens (including phenoxy) is 2. The second-order valence-electron chi connectivity index (χ2n) is 6.14. The van der Waals surface area contributed by atoms with Crippen LogP contribution >= 0.6 is 0 Å². The molecule has 0 aliphatic carbocycles. The van der Waals surface area contributed by atoms with Crippen molar-refractivity contribution in [3.63, 3.8) is 0 Å². The van der Waals surface area contributed by atoms with Crippen LogP contribution in [0.3, 0.4) is 0 Å². The van der Waals surface area contributed by atoms with E-state index in [4.69, 9.17) is 9.47 Å². The summed E-state index contributed by atoms with van der Waals surface area (Å²) in [6.45, 7) is 3.03. The molecule has 0 radical (unpaired) electrons. The summed E-state index contributed by atoms with van der Waals surface area (Å²) in [5.41, 5.74) is 2.16. The Kier molecular flexibility index (Phi) is 5.54. The van der Waals surface area contributed by atoms with Crippen molar-refractivity contribution in [1.29, 1.82) is 0 Å². The van der Waals surface area contributed by atoms with Gasteiger partial charge in [0.15, 0.2) is 0 Å². The van der Waals surface area contributed by atoms with E-state index in [9.17, 15) is 0 Å². The summed E-state index contributed by atoms with van der Waals surface area (Å²) in [6, 6.07) is 12.4. The van der Waals surface area contributed by atoms with E-state index < -0.39 is 0 Å². The van der Waals surface area contributed by atoms with Crippen LogP contribution in [0.25, 0.3) is 0 Å². The molecule has 1 saturated heterocycles. The molecule has 3 rings (SSSR count). The molecule has 0 unspecified atom stereocenters. The van der Waals surface area contributed by atoms with Crippen LogP contribution < -0.4 is 14.8 Å². The number of hydrogen-bond donors (Lipinski definition) is 1. The summed E-state index contributed by atoms with van der Waals surface area (Å²) in [7, 11) is 3.35. The lowest BCUT2D eigenvalue weighted by Gasteiger charge is -2.33. The highest BCUT2D eigenvalue weighted by atomic mass is 16.5. The van der Waals surface area contributed by atoms with E-state index in [1.165, 1.54) is 6.42 Å². The molecule has 5 nitrogen and oxygen atoms in total. The quantitative estimate of drug-likeness (QED) is 0.883. The highest BCUT2D eigenvalue weighted by molar-refractivity contribution is 5.54. The fourth-order valence-corrected chi connectivity index (χ4v) is 3.16. The summed E-state index contributed by atoms with van der Waals surface area (Å²) in [6.07, 6.45) is 4.21. The van der Waals surface area contributed by atoms with Gasteiger partial charge in [0.1, 0.15) is 11.5 Å². The maximum Gasteiger partial charge on any atom is 0.124 e. The maximum atomic E-state index is 5.35. The first-order chi connectivity index (χ1) is 11.8. The standard InChI is InChI=1S/C19H25N3O2/c1-23-18-10-17(11-19(12-18)24-2)21-16-7-5-9-22(14-16)13-15-6-3-4-8-20-15/h3-4,6,8,10-12,16,21H,5,7,9,13-14H2,1-2H3/t16-/m1/s1. The average Bonchev–Trinajstić information content (AvgIpc) is 2.62. The van der Waals surface area contributed by atoms with Crippen LogP contribution in [0.2, 0.25) is 0 Å². The number of pyridine rings is 1. The normalized spacial score (nSPS) is 18.2. The highest BCUT2D eigenvalue weighted by Crippen LogP contribution is 2.27. The van der Waals surface area contributed by atoms with Gasteiger partial charge in [0.25, 0.3) is 0 Å². The Bertz CT molecular complexity index is 626. The number of rotatable bonds is 6. The predicted molar refractivity (Wildman–Crippen MR) is 95.7 cm³/mol. The number of benzene rings is 1. The summed E-state index contributed by atoms with van der Waals surface area (Å²) >= 11 is 0. The van der Waals surface area contributed by atoms with Gasteiger partial charge < -0.3 is 14.8 Å². The Morgan fingerprint density at radius 3 is 2.62 bits per heavy atom. The molecular formula is C19H25N3O2. The fraction of sp³-hybridized carbons (Fsp3) is 0.421. The van der Waals surface area contributed by atoms with Crippen LogP contribution in [0.5, 0.6) is 11.5 Å². The number of methoxy groups -OCH3 is 2. The predicted octanol–water partition coefficient (Wildman–Crippen LogP) is 3.18. The van der Waals surface area contributed by atoms with Gasteiger partial charge in [-0.1, -0.05) is 6.07 Å². The Hall–Kier alpha value is -2.27. The van der Waals surface area contributed by atoms with Gasteiger partial charge in [0.2, 0.25) is 0 Å². The minimum Gasteiger partial charge on any atom is -0.497 e. The topological polar surface area (TPSA) is 46.6 Å². The molecule has 24 heavy (non-hydrogen) atoms. The van der Waals surface area contributed by atoms with Crippen molar-refractivity contribution in [2.24, 2.45) is 0 Å². The van der Waals surface area contributed by atoms with Crippen LogP contribution in [-0.4, -0.2) is 43.2 Å². The largest absolute Gasteiger partial charge is 0.497 e. The average molecular weight is 327 g/mol. The Morgan fingerprint density at radius 2 is 1.96 bits per heavy atom. The molecule has 2 aromatic rings. The molecular weight excluding hydrogens is 302 g/mol. The number of anilines is 1. The number of nitrogens with one attached hydrogen (secondary N) is 1. The summed E-state index contributed by atoms with van der Waals surface area (Å²) in [5, 5.41) is 3.62. The van der Waals surface area contributed by atoms with Gasteiger partial charge in [0, 0.05) is 49.2 Å². The molecule has 1 N–H and O–H groups in total. The van der Waals surface area contributed by atoms with Crippen LogP contribution in [0, 0.1) is 0 Å². The lowest BCUT2D eigenvalue weighted by atomic mass is 10.0. The third-order valence-corrected chi connectivity index (χ3v) is 4.34. The van der Waals surface area contributed by atoms with Crippen LogP contribution in [0.15, 0.2) is 42.6 Å². The van der Waals surface area contributed by atoms with Crippen molar-refractivity contribution in [3.8, 4) is 11.5 Å². The summed E-state index contributed by atoms with van der Waals surface area (Å²) in [5.74, 6) is 1.61. The first kappa shape index (κ1) is 16.6. The van der Waals surface area contributed by atoms with Gasteiger partial charge in [-0.25, -0.2) is 0 Å². The molecule has 1 atom stereocenters. The number of likely N-dealkylation sites (tertiary alicyclic amines) is 1. The van der Waals surface area contributed by atoms with E-state index >= 15 is 0 Å². The van der Waals surface area contributed by atoms with Gasteiger partial charge in [0.05, 0.1) is 19.9 Å². The first-order valence-corrected chi connectivity index (χ1v) is 8.38. The Morgan fingerprint density at radius 1 is 1.17 bits per heavy atom. The number of piperidine rings is 1. The minimum atomic E-state index is 0.416. The molecule has 1 aromatic carbocycles. The van der Waals surface area contributed by atoms with Gasteiger partial charge in [-0.2, -0.15) is 0 Å². The van der Waals surface area contributed by atoms with Crippen molar-refractivity contribution in [1.82, 2.24) is 9.88 Å². The van der Waals surface area contributed by atoms with Crippen molar-refractivity contribution in [2.45, 2.75) is 25.4 Å². The third kappa shape index (κ3) is 4.38. The zero-order chi connectivity index (χ0) is 16.8. The third-order valence-electron chi connectivity index (χ3n) is 4.34. The molecule has 1 fully saturated rings. The van der Waals surface area contributed by atoms with Crippen LogP contribution in [-0.2, 0) is 6.54 Å². The number of aromatic nitrogens is 1. The van der Waals surface area contributed by atoms with Crippen LogP contribution in [0.4, 0.5) is 5.69 Å². The molecule has 5 heteroatoms. The van der Waals surface area contributed by atoms with Gasteiger partial charge in [-0.15, -0.1) is 0 Å². The second kappa shape index (κ2) is 8.02. The van der Waals surface area contributed by atoms with Crippen molar-refractivity contribution in [2.75, 3.05) is 32.6 Å². The molecule has 0 saturated carbocycles. The monoisotopic (exact) mass is 327 g/mol. The van der Waals surface area contributed by atoms with E-state index in [0.717, 1.165) is 48.9 Å².